The molecule has 0 spiro atoms. The van der Waals surface area contributed by atoms with Gasteiger partial charge in [-0.15, -0.1) is 0 Å². The summed E-state index contributed by atoms with van der Waals surface area (Å²) in [5.41, 5.74) is 6.80. The maximum Gasteiger partial charge on any atom is 0.335 e. The highest BCUT2D eigenvalue weighted by Crippen LogP contribution is 2.40. The monoisotopic (exact) mass is 622 g/mol. The fourth-order valence-electron chi connectivity index (χ4n) is 7.50. The van der Waals surface area contributed by atoms with Crippen LogP contribution in [0.4, 0.5) is 0 Å². The van der Waals surface area contributed by atoms with Gasteiger partial charge in [0.25, 0.3) is 0 Å². The van der Waals surface area contributed by atoms with Gasteiger partial charge in [-0.25, -0.2) is 4.79 Å². The highest BCUT2D eigenvalue weighted by atomic mass is 16.5. The van der Waals surface area contributed by atoms with E-state index in [0.717, 1.165) is 68.8 Å². The van der Waals surface area contributed by atoms with E-state index in [1.54, 1.807) is 6.07 Å². The molecule has 0 heterocycles. The van der Waals surface area contributed by atoms with Gasteiger partial charge in [0.05, 0.1) is 12.2 Å². The first-order chi connectivity index (χ1) is 22.5. The fourth-order valence-corrected chi connectivity index (χ4v) is 7.50. The minimum Gasteiger partial charge on any atom is -0.493 e. The van der Waals surface area contributed by atoms with Crippen molar-refractivity contribution in [3.63, 3.8) is 0 Å². The maximum atomic E-state index is 11.6. The quantitative estimate of drug-likeness (QED) is 0.123. The van der Waals surface area contributed by atoms with Crippen molar-refractivity contribution < 1.29 is 24.5 Å². The molecule has 1 fully saturated rings. The lowest BCUT2D eigenvalue weighted by Gasteiger charge is -2.29. The number of hydrogen-bond acceptors (Lipinski definition) is 3. The zero-order valence-electron chi connectivity index (χ0n) is 27.2. The Balaban J connectivity index is 1.19. The van der Waals surface area contributed by atoms with Crippen LogP contribution in [0, 0.1) is 11.8 Å². The number of allylic oxidation sites excluding steroid dienone is 2. The lowest BCUT2D eigenvalue weighted by Crippen LogP contribution is -2.20. The third-order valence-electron chi connectivity index (χ3n) is 10.2. The molecule has 1 unspecified atom stereocenters. The number of para-hydroxylation sites is 1. The number of aryl methyl sites for hydroxylation is 3. The number of benzene rings is 3. The molecule has 1 saturated carbocycles. The van der Waals surface area contributed by atoms with Gasteiger partial charge in [-0.05, 0) is 129 Å². The predicted molar refractivity (Wildman–Crippen MR) is 184 cm³/mol. The van der Waals surface area contributed by atoms with Crippen LogP contribution in [0.5, 0.6) is 5.75 Å². The van der Waals surface area contributed by atoms with Gasteiger partial charge in [0.1, 0.15) is 5.75 Å². The number of unbranched alkanes of at least 4 members (excludes halogenated alkanes) is 2. The second kappa shape index (κ2) is 17.2. The maximum absolute atomic E-state index is 11.6. The van der Waals surface area contributed by atoms with E-state index in [1.165, 1.54) is 60.8 Å². The van der Waals surface area contributed by atoms with Gasteiger partial charge in [0, 0.05) is 12.3 Å². The van der Waals surface area contributed by atoms with Crippen molar-refractivity contribution in [3.8, 4) is 5.75 Å². The summed E-state index contributed by atoms with van der Waals surface area (Å²) in [6, 6.07) is 24.9. The van der Waals surface area contributed by atoms with Gasteiger partial charge >= 0.3 is 11.9 Å². The van der Waals surface area contributed by atoms with Crippen molar-refractivity contribution >= 4 is 11.9 Å². The van der Waals surface area contributed by atoms with Crippen molar-refractivity contribution in [2.24, 2.45) is 11.8 Å². The summed E-state index contributed by atoms with van der Waals surface area (Å²) in [5.74, 6) is 1.05. The van der Waals surface area contributed by atoms with E-state index in [-0.39, 0.29) is 12.3 Å². The zero-order valence-corrected chi connectivity index (χ0v) is 27.2. The standard InChI is InChI=1S/C41H50O5/c42-40(43)17-6-2-5-12-33(37-15-9-14-35-28-36(41(44)45)26-27-38(35)37)24-25-34-13-7-8-16-39(34)46-29-32-22-20-31(21-23-32)19-18-30-10-3-1-4-11-30/h1,3-4,7-8,10-13,16,26-28,31-32,37H,2,5-6,9,14-15,17-25,29H2,(H,42,43)(H,44,45)/b33-12+/t31-,32+,37?. The van der Waals surface area contributed by atoms with Gasteiger partial charge in [-0.2, -0.15) is 0 Å². The summed E-state index contributed by atoms with van der Waals surface area (Å²) >= 11 is 0. The van der Waals surface area contributed by atoms with Crippen LogP contribution in [0.2, 0.25) is 0 Å². The van der Waals surface area contributed by atoms with E-state index in [9.17, 15) is 14.7 Å². The predicted octanol–water partition coefficient (Wildman–Crippen LogP) is 9.83. The molecule has 46 heavy (non-hydrogen) atoms. The average molecular weight is 623 g/mol. The summed E-state index contributed by atoms with van der Waals surface area (Å²) < 4.78 is 6.52. The first-order valence-electron chi connectivity index (χ1n) is 17.5. The summed E-state index contributed by atoms with van der Waals surface area (Å²) in [4.78, 5) is 22.6. The number of fused-ring (bicyclic) bond motifs is 1. The molecule has 5 heteroatoms. The fraction of sp³-hybridized carbons (Fsp3) is 0.463. The molecule has 2 aliphatic rings. The number of aromatic carboxylic acids is 1. The van der Waals surface area contributed by atoms with Crippen molar-refractivity contribution in [1.82, 2.24) is 0 Å². The number of carboxylic acids is 2. The third-order valence-corrected chi connectivity index (χ3v) is 10.2. The van der Waals surface area contributed by atoms with E-state index < -0.39 is 11.9 Å². The number of ether oxygens (including phenoxy) is 1. The summed E-state index contributed by atoms with van der Waals surface area (Å²) in [7, 11) is 0. The van der Waals surface area contributed by atoms with Crippen LogP contribution < -0.4 is 4.74 Å². The van der Waals surface area contributed by atoms with Gasteiger partial charge in [0.15, 0.2) is 0 Å². The van der Waals surface area contributed by atoms with Gasteiger partial charge in [-0.1, -0.05) is 79.1 Å². The van der Waals surface area contributed by atoms with Crippen LogP contribution >= 0.6 is 0 Å². The molecule has 3 aromatic carbocycles. The lowest BCUT2D eigenvalue weighted by molar-refractivity contribution is -0.137. The Morgan fingerprint density at radius 2 is 1.57 bits per heavy atom. The Morgan fingerprint density at radius 1 is 0.804 bits per heavy atom. The van der Waals surface area contributed by atoms with Gasteiger partial charge in [0.2, 0.25) is 0 Å². The summed E-state index contributed by atoms with van der Waals surface area (Å²) in [5, 5.41) is 18.6. The number of hydrogen-bond donors (Lipinski definition) is 2. The smallest absolute Gasteiger partial charge is 0.335 e. The Kier molecular flexibility index (Phi) is 12.5. The number of aliphatic carboxylic acids is 1. The largest absolute Gasteiger partial charge is 0.493 e. The number of carboxylic acid groups (broad SMARTS) is 2. The van der Waals surface area contributed by atoms with E-state index in [4.69, 9.17) is 9.84 Å². The third kappa shape index (κ3) is 9.82. The topological polar surface area (TPSA) is 83.8 Å². The first kappa shape index (κ1) is 33.5. The van der Waals surface area contributed by atoms with Crippen molar-refractivity contribution in [3.05, 3.63) is 112 Å². The normalized spacial score (nSPS) is 19.7. The second-order valence-corrected chi connectivity index (χ2v) is 13.4. The highest BCUT2D eigenvalue weighted by Gasteiger charge is 2.25. The van der Waals surface area contributed by atoms with Gasteiger partial charge in [-0.3, -0.25) is 4.79 Å². The highest BCUT2D eigenvalue weighted by molar-refractivity contribution is 5.88. The Labute approximate surface area is 274 Å². The van der Waals surface area contributed by atoms with E-state index in [1.807, 2.05) is 12.1 Å². The molecule has 5 rings (SSSR count). The molecule has 0 amide bonds. The number of carbonyl (C=O) groups is 2. The van der Waals surface area contributed by atoms with Crippen molar-refractivity contribution in [1.29, 1.82) is 0 Å². The van der Waals surface area contributed by atoms with E-state index >= 15 is 0 Å². The first-order valence-corrected chi connectivity index (χ1v) is 17.5. The lowest BCUT2D eigenvalue weighted by atomic mass is 9.76. The van der Waals surface area contributed by atoms with Gasteiger partial charge < -0.3 is 14.9 Å². The molecular formula is C41H50O5. The van der Waals surface area contributed by atoms with Crippen LogP contribution in [0.3, 0.4) is 0 Å². The van der Waals surface area contributed by atoms with Crippen LogP contribution in [-0.4, -0.2) is 28.8 Å². The second-order valence-electron chi connectivity index (χ2n) is 13.4. The average Bonchev–Trinajstić information content (AvgIpc) is 3.08. The van der Waals surface area contributed by atoms with Crippen LogP contribution in [0.1, 0.15) is 116 Å². The molecule has 0 aliphatic heterocycles. The van der Waals surface area contributed by atoms with Crippen LogP contribution in [0.25, 0.3) is 0 Å². The van der Waals surface area contributed by atoms with Crippen LogP contribution in [0.15, 0.2) is 84.4 Å². The molecule has 3 aromatic rings. The Hall–Kier alpha value is -3.86. The molecule has 244 valence electrons. The van der Waals surface area contributed by atoms with Crippen molar-refractivity contribution in [2.45, 2.75) is 102 Å². The molecule has 0 aromatic heterocycles. The van der Waals surface area contributed by atoms with E-state index in [0.29, 0.717) is 17.9 Å². The molecule has 0 bridgehead atoms. The molecule has 0 radical (unpaired) electrons. The minimum absolute atomic E-state index is 0.202. The molecule has 1 atom stereocenters. The zero-order chi connectivity index (χ0) is 32.1. The summed E-state index contributed by atoms with van der Waals surface area (Å²) in [6.07, 6.45) is 17.2. The molecule has 0 saturated heterocycles. The summed E-state index contributed by atoms with van der Waals surface area (Å²) in [6.45, 7) is 0.774. The SMILES string of the molecule is O=C(O)CCCC/C=C(\CCc1ccccc1OC[C@H]1CC[C@@H](CCc2ccccc2)CC1)C1CCCc2cc(C(=O)O)ccc21. The molecule has 5 nitrogen and oxygen atoms in total. The van der Waals surface area contributed by atoms with Crippen LogP contribution in [-0.2, 0) is 24.1 Å². The Morgan fingerprint density at radius 3 is 2.35 bits per heavy atom. The minimum atomic E-state index is -0.883. The number of rotatable bonds is 16. The van der Waals surface area contributed by atoms with E-state index in [2.05, 4.69) is 60.7 Å². The molecular weight excluding hydrogens is 572 g/mol. The Bertz CT molecular complexity index is 1450. The van der Waals surface area contributed by atoms with Crippen molar-refractivity contribution in [2.75, 3.05) is 6.61 Å². The molecule has 2 aliphatic carbocycles. The molecule has 2 N–H and O–H groups in total.